The molecule has 0 spiro atoms. The molecule has 1 fully saturated rings. The van der Waals surface area contributed by atoms with Crippen LogP contribution in [0, 0.1) is 5.92 Å². The maximum absolute atomic E-state index is 13.6. The van der Waals surface area contributed by atoms with E-state index in [1.807, 2.05) is 0 Å². The monoisotopic (exact) mass is 606 g/mol. The number of aromatic nitrogens is 3. The highest BCUT2D eigenvalue weighted by atomic mass is 35.5. The van der Waals surface area contributed by atoms with E-state index in [0.29, 0.717) is 5.03 Å². The molecule has 220 valence electrons. The lowest BCUT2D eigenvalue weighted by molar-refractivity contribution is -0.198. The van der Waals surface area contributed by atoms with Gasteiger partial charge in [0.1, 0.15) is 34.4 Å². The highest BCUT2D eigenvalue weighted by Crippen LogP contribution is 2.50. The number of ether oxygens (including phenoxy) is 3. The van der Waals surface area contributed by atoms with Crippen LogP contribution in [0.15, 0.2) is 39.4 Å². The quantitative estimate of drug-likeness (QED) is 0.290. The fourth-order valence-corrected chi connectivity index (χ4v) is 5.42. The largest absolute Gasteiger partial charge is 0.494 e. The van der Waals surface area contributed by atoms with E-state index in [1.54, 1.807) is 25.1 Å². The van der Waals surface area contributed by atoms with Crippen molar-refractivity contribution in [2.45, 2.75) is 50.1 Å². The first-order valence-corrected chi connectivity index (χ1v) is 13.9. The molecule has 0 amide bonds. The smallest absolute Gasteiger partial charge is 0.391 e. The van der Waals surface area contributed by atoms with Crippen molar-refractivity contribution >= 4 is 40.1 Å². The number of hydrogen-bond acceptors (Lipinski definition) is 8. The summed E-state index contributed by atoms with van der Waals surface area (Å²) in [5, 5.41) is 7.12. The Bertz CT molecular complexity index is 1360. The van der Waals surface area contributed by atoms with E-state index in [-0.39, 0.29) is 47.6 Å². The van der Waals surface area contributed by atoms with E-state index in [4.69, 9.17) is 25.8 Å². The third-order valence-electron chi connectivity index (χ3n) is 6.47. The molecule has 0 saturated heterocycles. The van der Waals surface area contributed by atoms with Crippen LogP contribution in [0.4, 0.5) is 19.1 Å². The molecule has 1 heterocycles. The number of alkyl halides is 3. The van der Waals surface area contributed by atoms with Crippen LogP contribution in [-0.4, -0.2) is 74.6 Å². The average molecular weight is 607 g/mol. The maximum atomic E-state index is 13.6. The first kappa shape index (κ1) is 31.4. The van der Waals surface area contributed by atoms with Gasteiger partial charge in [-0.25, -0.2) is 18.4 Å². The first-order chi connectivity index (χ1) is 18.8. The summed E-state index contributed by atoms with van der Waals surface area (Å²) < 4.78 is 86.9. The second-order valence-electron chi connectivity index (χ2n) is 9.00. The minimum Gasteiger partial charge on any atom is -0.494 e. The number of rotatable bonds is 11. The van der Waals surface area contributed by atoms with Crippen molar-refractivity contribution in [1.29, 1.82) is 0 Å². The minimum atomic E-state index is -4.35. The lowest BCUT2D eigenvalue weighted by Crippen LogP contribution is -2.41. The molecule has 0 bridgehead atoms. The molecule has 0 radical (unpaired) electrons. The van der Waals surface area contributed by atoms with E-state index in [9.17, 15) is 21.6 Å². The fraction of sp³-hybridized carbons (Fsp3) is 0.500. The van der Waals surface area contributed by atoms with Crippen molar-refractivity contribution in [3.63, 3.8) is 0 Å². The lowest BCUT2D eigenvalue weighted by Gasteiger charge is -2.36. The van der Waals surface area contributed by atoms with Crippen LogP contribution in [0.3, 0.4) is 0 Å². The summed E-state index contributed by atoms with van der Waals surface area (Å²) in [6.07, 6.45) is -4.71. The van der Waals surface area contributed by atoms with Gasteiger partial charge in [0.05, 0.1) is 20.1 Å². The number of para-hydroxylation sites is 1. The van der Waals surface area contributed by atoms with E-state index in [2.05, 4.69) is 31.6 Å². The van der Waals surface area contributed by atoms with Crippen molar-refractivity contribution in [3.05, 3.63) is 35.3 Å². The van der Waals surface area contributed by atoms with Gasteiger partial charge in [0, 0.05) is 24.3 Å². The number of aliphatic imine (C=N–C) groups is 2. The van der Waals surface area contributed by atoms with Crippen LogP contribution in [0.25, 0.3) is 5.69 Å². The van der Waals surface area contributed by atoms with Gasteiger partial charge >= 0.3 is 6.18 Å². The molecule has 40 heavy (non-hydrogen) atoms. The number of anilines is 1. The molecule has 1 aromatic carbocycles. The van der Waals surface area contributed by atoms with Crippen LogP contribution >= 0.6 is 11.6 Å². The average Bonchev–Trinajstić information content (AvgIpc) is 3.25. The van der Waals surface area contributed by atoms with E-state index in [1.165, 1.54) is 39.0 Å². The van der Waals surface area contributed by atoms with Gasteiger partial charge in [-0.15, -0.1) is 10.2 Å². The van der Waals surface area contributed by atoms with Crippen LogP contribution in [0.2, 0.25) is 0 Å². The minimum absolute atomic E-state index is 0.0402. The van der Waals surface area contributed by atoms with Gasteiger partial charge in [0.2, 0.25) is 16.0 Å². The Labute approximate surface area is 235 Å². The zero-order valence-corrected chi connectivity index (χ0v) is 24.0. The van der Waals surface area contributed by atoms with Crippen molar-refractivity contribution < 1.29 is 35.8 Å². The summed E-state index contributed by atoms with van der Waals surface area (Å²) in [5.74, 6) is -1.84. The normalized spacial score (nSPS) is 19.9. The predicted octanol–water partition coefficient (Wildman–Crippen LogP) is 4.68. The van der Waals surface area contributed by atoms with Gasteiger partial charge in [0.25, 0.3) is 0 Å². The summed E-state index contributed by atoms with van der Waals surface area (Å²) in [7, 11) is -0.246. The van der Waals surface area contributed by atoms with Crippen molar-refractivity contribution in [3.8, 4) is 17.2 Å². The number of halogens is 4. The van der Waals surface area contributed by atoms with Gasteiger partial charge in [0.15, 0.2) is 5.84 Å². The molecule has 2 atom stereocenters. The lowest BCUT2D eigenvalue weighted by atomic mass is 9.74. The van der Waals surface area contributed by atoms with Crippen LogP contribution in [-0.2, 0) is 14.8 Å². The molecule has 11 nitrogen and oxygen atoms in total. The summed E-state index contributed by atoms with van der Waals surface area (Å²) in [6.45, 7) is 6.36. The van der Waals surface area contributed by atoms with Crippen LogP contribution < -0.4 is 14.2 Å². The molecule has 1 saturated carbocycles. The Kier molecular flexibility index (Phi) is 9.85. The van der Waals surface area contributed by atoms with Gasteiger partial charge in [-0.1, -0.05) is 17.7 Å². The Hall–Kier alpha value is -3.17. The van der Waals surface area contributed by atoms with Gasteiger partial charge < -0.3 is 14.2 Å². The number of amidine groups is 1. The standard InChI is InChI=1S/C24H30ClF3N6O5S/c1-13(25)12-30-21(29-3)20(39-6)14(2)40(35,36)33-23-32-31-22(15-10-16(11-15)24(26,27)28)34(23)19-17(37-4)8-7-9-18(19)38-5/h7-9,12,14-16,20H,3,10-11H2,1-2,4-6H3,(H,32,33)/b13-12+,30-21-/t14-,15-,16-,20-/m0/s1. The van der Waals surface area contributed by atoms with Gasteiger partial charge in [-0.2, -0.15) is 13.2 Å². The molecule has 1 N–H and O–H groups in total. The summed E-state index contributed by atoms with van der Waals surface area (Å²) in [5.41, 5.74) is 0.217. The number of allylic oxidation sites excluding steroid dienone is 1. The third kappa shape index (κ3) is 6.58. The Morgan fingerprint density at radius 3 is 2.30 bits per heavy atom. The molecule has 2 aromatic rings. The topological polar surface area (TPSA) is 129 Å². The fourth-order valence-electron chi connectivity index (χ4n) is 4.24. The number of nitrogens with one attached hydrogen (secondary N) is 1. The van der Waals surface area contributed by atoms with Crippen LogP contribution in [0.1, 0.15) is 38.4 Å². The zero-order chi connectivity index (χ0) is 29.8. The molecule has 16 heteroatoms. The highest BCUT2D eigenvalue weighted by Gasteiger charge is 2.50. The number of methoxy groups -OCH3 is 3. The van der Waals surface area contributed by atoms with Crippen molar-refractivity contribution in [1.82, 2.24) is 14.8 Å². The van der Waals surface area contributed by atoms with Gasteiger partial charge in [-0.3, -0.25) is 9.29 Å². The second-order valence-corrected chi connectivity index (χ2v) is 11.6. The summed E-state index contributed by atoms with van der Waals surface area (Å²) in [6, 6.07) is 4.82. The summed E-state index contributed by atoms with van der Waals surface area (Å²) >= 11 is 5.83. The third-order valence-corrected chi connectivity index (χ3v) is 8.26. The zero-order valence-electron chi connectivity index (χ0n) is 22.4. The molecular formula is C24H30ClF3N6O5S. The molecule has 1 aliphatic rings. The Morgan fingerprint density at radius 1 is 1.23 bits per heavy atom. The Morgan fingerprint density at radius 2 is 1.82 bits per heavy atom. The molecule has 3 rings (SSSR count). The highest BCUT2D eigenvalue weighted by molar-refractivity contribution is 7.93. The Balaban J connectivity index is 2.09. The molecular weight excluding hydrogens is 577 g/mol. The first-order valence-electron chi connectivity index (χ1n) is 11.9. The SMILES string of the molecule is C=N/C(=N\C=C(/C)Cl)[C@@H](OC)[C@H](C)S(=O)(=O)Nc1nnc([C@H]2C[C@H](C(F)(F)F)C2)n1-c1c(OC)cccc1OC. The number of benzene rings is 1. The van der Waals surface area contributed by atoms with Crippen molar-refractivity contribution in [2.24, 2.45) is 15.9 Å². The van der Waals surface area contributed by atoms with E-state index < -0.39 is 39.4 Å². The predicted molar refractivity (Wildman–Crippen MR) is 145 cm³/mol. The van der Waals surface area contributed by atoms with E-state index in [0.717, 1.165) is 0 Å². The molecule has 1 aliphatic carbocycles. The van der Waals surface area contributed by atoms with E-state index >= 15 is 0 Å². The molecule has 1 aromatic heterocycles. The maximum Gasteiger partial charge on any atom is 0.391 e. The van der Waals surface area contributed by atoms with Crippen LogP contribution in [0.5, 0.6) is 11.5 Å². The number of sulfonamides is 1. The number of hydrogen-bond donors (Lipinski definition) is 1. The van der Waals surface area contributed by atoms with Crippen molar-refractivity contribution in [2.75, 3.05) is 26.1 Å². The molecule has 0 unspecified atom stereocenters. The van der Waals surface area contributed by atoms with Gasteiger partial charge in [-0.05, 0) is 45.5 Å². The number of nitrogens with zero attached hydrogens (tertiary/aromatic N) is 5. The summed E-state index contributed by atoms with van der Waals surface area (Å²) in [4.78, 5) is 7.83. The molecule has 0 aliphatic heterocycles. The second kappa shape index (κ2) is 12.6.